The smallest absolute Gasteiger partial charge is 0.267 e. The van der Waals surface area contributed by atoms with Gasteiger partial charge in [-0.25, -0.2) is 0 Å². The average Bonchev–Trinajstić information content (AvgIpc) is 2.28. The molecule has 1 aliphatic rings. The van der Waals surface area contributed by atoms with E-state index in [2.05, 4.69) is 6.07 Å². The van der Waals surface area contributed by atoms with Crippen molar-refractivity contribution >= 4 is 11.6 Å². The Kier molecular flexibility index (Phi) is 3.07. The van der Waals surface area contributed by atoms with Gasteiger partial charge in [-0.2, -0.15) is 0 Å². The number of rotatable bonds is 2. The third-order valence-electron chi connectivity index (χ3n) is 3.04. The van der Waals surface area contributed by atoms with E-state index in [-0.39, 0.29) is 5.91 Å². The van der Waals surface area contributed by atoms with Crippen LogP contribution >= 0.6 is 0 Å². The second-order valence-electron chi connectivity index (χ2n) is 4.47. The summed E-state index contributed by atoms with van der Waals surface area (Å²) in [6.07, 6.45) is 0.338. The minimum atomic E-state index is -0.424. The van der Waals surface area contributed by atoms with Crippen LogP contribution in [-0.2, 0) is 11.2 Å². The number of fused-ring (bicyclic) bond motifs is 1. The summed E-state index contributed by atoms with van der Waals surface area (Å²) < 4.78 is 5.71. The lowest BCUT2D eigenvalue weighted by molar-refractivity contribution is -0.125. The highest BCUT2D eigenvalue weighted by Crippen LogP contribution is 2.37. The molecule has 2 N–H and O–H groups in total. The third-order valence-corrected chi connectivity index (χ3v) is 3.04. The van der Waals surface area contributed by atoms with Crippen molar-refractivity contribution in [3.63, 3.8) is 0 Å². The summed E-state index contributed by atoms with van der Waals surface area (Å²) in [7, 11) is 1.78. The first-order valence-corrected chi connectivity index (χ1v) is 5.82. The van der Waals surface area contributed by atoms with Crippen LogP contribution in [0.15, 0.2) is 12.1 Å². The maximum absolute atomic E-state index is 11.8. The van der Waals surface area contributed by atoms with Crippen LogP contribution in [0.3, 0.4) is 0 Å². The van der Waals surface area contributed by atoms with Gasteiger partial charge in [0, 0.05) is 7.05 Å². The Labute approximate surface area is 101 Å². The van der Waals surface area contributed by atoms with E-state index in [9.17, 15) is 4.79 Å². The zero-order chi connectivity index (χ0) is 12.6. The molecular weight excluding hydrogens is 216 g/mol. The molecule has 1 amide bonds. The molecule has 92 valence electrons. The molecular formula is C13H18N2O2. The number of nitrogens with zero attached hydrogens (tertiary/aromatic N) is 1. The van der Waals surface area contributed by atoms with Gasteiger partial charge in [0.1, 0.15) is 5.75 Å². The Morgan fingerprint density at radius 2 is 2.18 bits per heavy atom. The number of likely N-dealkylation sites (N-methyl/N-ethyl adjacent to an activating group) is 1. The minimum absolute atomic E-state index is 0.0122. The number of amides is 1. The van der Waals surface area contributed by atoms with Crippen molar-refractivity contribution < 1.29 is 9.53 Å². The monoisotopic (exact) mass is 234 g/mol. The summed E-state index contributed by atoms with van der Waals surface area (Å²) in [4.78, 5) is 13.5. The average molecular weight is 234 g/mol. The topological polar surface area (TPSA) is 55.6 Å². The Hall–Kier alpha value is -1.55. The molecule has 1 heterocycles. The number of ether oxygens (including phenoxy) is 1. The summed E-state index contributed by atoms with van der Waals surface area (Å²) in [5.74, 6) is 0.789. The van der Waals surface area contributed by atoms with Crippen molar-refractivity contribution in [1.82, 2.24) is 0 Å². The first-order chi connectivity index (χ1) is 8.04. The standard InChI is InChI=1S/C13H18N2O2/c1-8-6-10(4-5-14)12-11(7-8)15(3)13(16)9(2)17-12/h6-7,9H,4-5,14H2,1-3H3. The van der Waals surface area contributed by atoms with E-state index in [1.165, 1.54) is 0 Å². The quantitative estimate of drug-likeness (QED) is 0.837. The fourth-order valence-electron chi connectivity index (χ4n) is 2.17. The van der Waals surface area contributed by atoms with Crippen LogP contribution in [0.2, 0.25) is 0 Å². The highest BCUT2D eigenvalue weighted by molar-refractivity contribution is 5.99. The van der Waals surface area contributed by atoms with Crippen molar-refractivity contribution in [2.24, 2.45) is 5.73 Å². The number of hydrogen-bond acceptors (Lipinski definition) is 3. The van der Waals surface area contributed by atoms with Gasteiger partial charge in [0.05, 0.1) is 5.69 Å². The Bertz CT molecular complexity index is 457. The van der Waals surface area contributed by atoms with Crippen molar-refractivity contribution in [2.45, 2.75) is 26.4 Å². The summed E-state index contributed by atoms with van der Waals surface area (Å²) in [6, 6.07) is 4.04. The molecule has 1 aromatic carbocycles. The summed E-state index contributed by atoms with van der Waals surface area (Å²) >= 11 is 0. The second kappa shape index (κ2) is 4.37. The molecule has 0 bridgehead atoms. The Morgan fingerprint density at radius 1 is 1.47 bits per heavy atom. The molecule has 0 aromatic heterocycles. The first kappa shape index (κ1) is 11.9. The van der Waals surface area contributed by atoms with E-state index in [4.69, 9.17) is 10.5 Å². The van der Waals surface area contributed by atoms with E-state index in [0.717, 1.165) is 29.0 Å². The zero-order valence-corrected chi connectivity index (χ0v) is 10.5. The SMILES string of the molecule is Cc1cc(CCN)c2c(c1)N(C)C(=O)C(C)O2. The molecule has 2 rings (SSSR count). The Morgan fingerprint density at radius 3 is 2.82 bits per heavy atom. The number of hydrogen-bond donors (Lipinski definition) is 1. The van der Waals surface area contributed by atoms with Crippen LogP contribution in [0, 0.1) is 6.92 Å². The minimum Gasteiger partial charge on any atom is -0.478 e. The molecule has 1 aromatic rings. The molecule has 0 fully saturated rings. The lowest BCUT2D eigenvalue weighted by atomic mass is 10.0. The largest absolute Gasteiger partial charge is 0.478 e. The fourth-order valence-corrected chi connectivity index (χ4v) is 2.17. The highest BCUT2D eigenvalue weighted by atomic mass is 16.5. The van der Waals surface area contributed by atoms with E-state index in [0.29, 0.717) is 6.54 Å². The lowest BCUT2D eigenvalue weighted by Gasteiger charge is -2.32. The molecule has 0 radical (unpaired) electrons. The van der Waals surface area contributed by atoms with Crippen LogP contribution in [0.25, 0.3) is 0 Å². The van der Waals surface area contributed by atoms with Crippen molar-refractivity contribution in [3.8, 4) is 5.75 Å². The van der Waals surface area contributed by atoms with Gasteiger partial charge in [0.2, 0.25) is 0 Å². The van der Waals surface area contributed by atoms with Gasteiger partial charge >= 0.3 is 0 Å². The van der Waals surface area contributed by atoms with Gasteiger partial charge < -0.3 is 15.4 Å². The number of carbonyl (C=O) groups is 1. The van der Waals surface area contributed by atoms with Crippen LogP contribution in [-0.4, -0.2) is 25.6 Å². The number of aryl methyl sites for hydroxylation is 1. The fraction of sp³-hybridized carbons (Fsp3) is 0.462. The Balaban J connectivity index is 2.54. The molecule has 0 saturated heterocycles. The van der Waals surface area contributed by atoms with Crippen molar-refractivity contribution in [1.29, 1.82) is 0 Å². The normalized spacial score (nSPS) is 18.9. The van der Waals surface area contributed by atoms with Gasteiger partial charge in [-0.3, -0.25) is 4.79 Å². The molecule has 0 saturated carbocycles. The molecule has 17 heavy (non-hydrogen) atoms. The van der Waals surface area contributed by atoms with Crippen LogP contribution in [0.1, 0.15) is 18.1 Å². The molecule has 1 atom stereocenters. The summed E-state index contributed by atoms with van der Waals surface area (Å²) in [6.45, 7) is 4.36. The predicted molar refractivity (Wildman–Crippen MR) is 67.4 cm³/mol. The molecule has 4 heteroatoms. The molecule has 1 aliphatic heterocycles. The summed E-state index contributed by atoms with van der Waals surface area (Å²) in [5, 5.41) is 0. The van der Waals surface area contributed by atoms with Gasteiger partial charge in [0.15, 0.2) is 6.10 Å². The van der Waals surface area contributed by atoms with E-state index in [1.54, 1.807) is 18.9 Å². The third kappa shape index (κ3) is 2.00. The molecule has 0 spiro atoms. The van der Waals surface area contributed by atoms with E-state index < -0.39 is 6.10 Å². The predicted octanol–water partition coefficient (Wildman–Crippen LogP) is 1.24. The summed E-state index contributed by atoms with van der Waals surface area (Å²) in [5.41, 5.74) is 8.64. The van der Waals surface area contributed by atoms with Gasteiger partial charge in [-0.1, -0.05) is 6.07 Å². The number of carbonyl (C=O) groups excluding carboxylic acids is 1. The number of nitrogens with two attached hydrogens (primary N) is 1. The second-order valence-corrected chi connectivity index (χ2v) is 4.47. The maximum atomic E-state index is 11.8. The lowest BCUT2D eigenvalue weighted by Crippen LogP contribution is -2.42. The van der Waals surface area contributed by atoms with Crippen molar-refractivity contribution in [2.75, 3.05) is 18.5 Å². The molecule has 1 unspecified atom stereocenters. The highest BCUT2D eigenvalue weighted by Gasteiger charge is 2.30. The van der Waals surface area contributed by atoms with Crippen molar-refractivity contribution in [3.05, 3.63) is 23.3 Å². The number of benzene rings is 1. The number of anilines is 1. The van der Waals surface area contributed by atoms with Crippen LogP contribution in [0.4, 0.5) is 5.69 Å². The van der Waals surface area contributed by atoms with E-state index in [1.807, 2.05) is 13.0 Å². The van der Waals surface area contributed by atoms with Crippen LogP contribution in [0.5, 0.6) is 5.75 Å². The zero-order valence-electron chi connectivity index (χ0n) is 10.5. The van der Waals surface area contributed by atoms with Gasteiger partial charge in [-0.05, 0) is 44.0 Å². The van der Waals surface area contributed by atoms with Gasteiger partial charge in [0.25, 0.3) is 5.91 Å². The maximum Gasteiger partial charge on any atom is 0.267 e. The molecule has 4 nitrogen and oxygen atoms in total. The van der Waals surface area contributed by atoms with Crippen LogP contribution < -0.4 is 15.4 Å². The molecule has 0 aliphatic carbocycles. The van der Waals surface area contributed by atoms with Gasteiger partial charge in [-0.15, -0.1) is 0 Å². The first-order valence-electron chi connectivity index (χ1n) is 5.82. The van der Waals surface area contributed by atoms with E-state index >= 15 is 0 Å².